The van der Waals surface area contributed by atoms with Crippen LogP contribution >= 0.6 is 0 Å². The molecule has 0 N–H and O–H groups in total. The van der Waals surface area contributed by atoms with Crippen LogP contribution in [0.1, 0.15) is 23.9 Å². The van der Waals surface area contributed by atoms with Crippen molar-refractivity contribution in [1.29, 1.82) is 0 Å². The average Bonchev–Trinajstić information content (AvgIpc) is 3.07. The molecule has 0 atom stereocenters. The number of para-hydroxylation sites is 1. The monoisotopic (exact) mass is 270 g/mol. The van der Waals surface area contributed by atoms with Gasteiger partial charge in [-0.25, -0.2) is 0 Å². The molecule has 0 unspecified atom stereocenters. The van der Waals surface area contributed by atoms with E-state index in [1.54, 1.807) is 7.11 Å². The molecule has 3 aromatic rings. The number of ether oxygens (including phenoxy) is 1. The quantitative estimate of drug-likeness (QED) is 0.713. The molecule has 0 bridgehead atoms. The highest BCUT2D eigenvalue weighted by Gasteiger charge is 2.09. The van der Waals surface area contributed by atoms with Gasteiger partial charge in [-0.3, -0.25) is 0 Å². The molecule has 0 fully saturated rings. The molecule has 0 spiro atoms. The van der Waals surface area contributed by atoms with Crippen molar-refractivity contribution in [2.45, 2.75) is 26.5 Å². The molecule has 0 aliphatic heterocycles. The third kappa shape index (κ3) is 2.34. The van der Waals surface area contributed by atoms with Gasteiger partial charge in [0.1, 0.15) is 12.3 Å². The van der Waals surface area contributed by atoms with Crippen molar-refractivity contribution in [3.8, 4) is 0 Å². The first kappa shape index (κ1) is 12.9. The summed E-state index contributed by atoms with van der Waals surface area (Å²) in [4.78, 5) is 0. The van der Waals surface area contributed by atoms with Crippen LogP contribution in [0, 0.1) is 0 Å². The molecule has 4 nitrogen and oxygen atoms in total. The maximum absolute atomic E-state index is 5.23. The van der Waals surface area contributed by atoms with Gasteiger partial charge in [-0.15, -0.1) is 0 Å². The van der Waals surface area contributed by atoms with Crippen molar-refractivity contribution >= 4 is 10.9 Å². The van der Waals surface area contributed by atoms with Gasteiger partial charge in [-0.05, 0) is 23.4 Å². The van der Waals surface area contributed by atoms with Crippen LogP contribution in [-0.2, 0) is 24.3 Å². The Balaban J connectivity index is 1.93. The third-order valence-electron chi connectivity index (χ3n) is 3.48. The van der Waals surface area contributed by atoms with Crippen molar-refractivity contribution in [2.24, 2.45) is 0 Å². The van der Waals surface area contributed by atoms with Crippen molar-refractivity contribution < 1.29 is 9.26 Å². The van der Waals surface area contributed by atoms with Gasteiger partial charge in [0.15, 0.2) is 5.76 Å². The molecule has 20 heavy (non-hydrogen) atoms. The zero-order valence-electron chi connectivity index (χ0n) is 11.8. The minimum Gasteiger partial charge on any atom is -0.377 e. The van der Waals surface area contributed by atoms with E-state index in [1.165, 1.54) is 16.5 Å². The Bertz CT molecular complexity index is 712. The summed E-state index contributed by atoms with van der Waals surface area (Å²) in [7, 11) is 1.65. The minimum atomic E-state index is 0.458. The van der Waals surface area contributed by atoms with Gasteiger partial charge in [0.2, 0.25) is 0 Å². The van der Waals surface area contributed by atoms with Crippen LogP contribution in [0.25, 0.3) is 10.9 Å². The maximum Gasteiger partial charge on any atom is 0.162 e. The Morgan fingerprint density at radius 3 is 3.00 bits per heavy atom. The predicted molar refractivity (Wildman–Crippen MR) is 77.6 cm³/mol. The number of fused-ring (bicyclic) bond motifs is 1. The SMILES string of the molecule is CCc1cccc2ccn(Cc3cc(COC)on3)c12. The van der Waals surface area contributed by atoms with Gasteiger partial charge >= 0.3 is 0 Å². The first-order valence-electron chi connectivity index (χ1n) is 6.82. The number of aryl methyl sites for hydroxylation is 1. The molecule has 104 valence electrons. The molecule has 3 rings (SSSR count). The number of rotatable bonds is 5. The summed E-state index contributed by atoms with van der Waals surface area (Å²) < 4.78 is 12.5. The summed E-state index contributed by atoms with van der Waals surface area (Å²) in [6, 6.07) is 10.5. The zero-order valence-corrected chi connectivity index (χ0v) is 11.8. The number of nitrogens with zero attached hydrogens (tertiary/aromatic N) is 2. The lowest BCUT2D eigenvalue weighted by atomic mass is 10.1. The van der Waals surface area contributed by atoms with Gasteiger partial charge in [-0.2, -0.15) is 0 Å². The summed E-state index contributed by atoms with van der Waals surface area (Å²) >= 11 is 0. The number of hydrogen-bond donors (Lipinski definition) is 0. The van der Waals surface area contributed by atoms with E-state index in [9.17, 15) is 0 Å². The average molecular weight is 270 g/mol. The molecular weight excluding hydrogens is 252 g/mol. The van der Waals surface area contributed by atoms with Gasteiger partial charge in [0, 0.05) is 19.4 Å². The van der Waals surface area contributed by atoms with Crippen molar-refractivity contribution in [1.82, 2.24) is 9.72 Å². The highest BCUT2D eigenvalue weighted by molar-refractivity contribution is 5.83. The van der Waals surface area contributed by atoms with Crippen molar-refractivity contribution in [2.75, 3.05) is 7.11 Å². The summed E-state index contributed by atoms with van der Waals surface area (Å²) in [5.41, 5.74) is 3.56. The van der Waals surface area contributed by atoms with Crippen LogP contribution in [0.15, 0.2) is 41.1 Å². The fourth-order valence-corrected chi connectivity index (χ4v) is 2.57. The minimum absolute atomic E-state index is 0.458. The first-order chi connectivity index (χ1) is 9.81. The smallest absolute Gasteiger partial charge is 0.162 e. The summed E-state index contributed by atoms with van der Waals surface area (Å²) in [6.45, 7) is 3.35. The second-order valence-electron chi connectivity index (χ2n) is 4.87. The molecular formula is C16H18N2O2. The van der Waals surface area contributed by atoms with Crippen LogP contribution in [0.3, 0.4) is 0 Å². The molecule has 0 saturated carbocycles. The first-order valence-corrected chi connectivity index (χ1v) is 6.82. The molecule has 0 saturated heterocycles. The molecule has 0 aliphatic rings. The van der Waals surface area contributed by atoms with Crippen LogP contribution in [-0.4, -0.2) is 16.8 Å². The van der Waals surface area contributed by atoms with Crippen molar-refractivity contribution in [3.05, 3.63) is 53.5 Å². The van der Waals surface area contributed by atoms with Crippen molar-refractivity contribution in [3.63, 3.8) is 0 Å². The van der Waals surface area contributed by atoms with Crippen LogP contribution in [0.4, 0.5) is 0 Å². The maximum atomic E-state index is 5.23. The number of benzene rings is 1. The third-order valence-corrected chi connectivity index (χ3v) is 3.48. The molecule has 4 heteroatoms. The lowest BCUT2D eigenvalue weighted by Crippen LogP contribution is -2.00. The van der Waals surface area contributed by atoms with Gasteiger partial charge in [0.05, 0.1) is 12.1 Å². The molecule has 0 radical (unpaired) electrons. The van der Waals surface area contributed by atoms with E-state index in [4.69, 9.17) is 9.26 Å². The second kappa shape index (κ2) is 5.51. The fourth-order valence-electron chi connectivity index (χ4n) is 2.57. The van der Waals surface area contributed by atoms with E-state index in [1.807, 2.05) is 6.07 Å². The zero-order chi connectivity index (χ0) is 13.9. The highest BCUT2D eigenvalue weighted by Crippen LogP contribution is 2.22. The van der Waals surface area contributed by atoms with E-state index in [0.29, 0.717) is 13.2 Å². The fraction of sp³-hybridized carbons (Fsp3) is 0.312. The normalized spacial score (nSPS) is 11.3. The van der Waals surface area contributed by atoms with Gasteiger partial charge in [0.25, 0.3) is 0 Å². The predicted octanol–water partition coefficient (Wildman–Crippen LogP) is 3.39. The van der Waals surface area contributed by atoms with Crippen LogP contribution in [0.2, 0.25) is 0 Å². The highest BCUT2D eigenvalue weighted by atomic mass is 16.5. The number of aromatic nitrogens is 2. The second-order valence-corrected chi connectivity index (χ2v) is 4.87. The standard InChI is InChI=1S/C16H18N2O2/c1-3-12-5-4-6-13-7-8-18(16(12)13)10-14-9-15(11-19-2)20-17-14/h4-9H,3,10-11H2,1-2H3. The van der Waals surface area contributed by atoms with E-state index in [0.717, 1.165) is 17.9 Å². The number of hydrogen-bond acceptors (Lipinski definition) is 3. The van der Waals surface area contributed by atoms with E-state index < -0.39 is 0 Å². The van der Waals surface area contributed by atoms with E-state index in [2.05, 4.69) is 47.1 Å². The summed E-state index contributed by atoms with van der Waals surface area (Å²) in [6.07, 6.45) is 3.13. The topological polar surface area (TPSA) is 40.2 Å². The Morgan fingerprint density at radius 2 is 2.20 bits per heavy atom. The van der Waals surface area contributed by atoms with E-state index in [-0.39, 0.29) is 0 Å². The largest absolute Gasteiger partial charge is 0.377 e. The van der Waals surface area contributed by atoms with Gasteiger partial charge in [-0.1, -0.05) is 30.3 Å². The van der Waals surface area contributed by atoms with E-state index >= 15 is 0 Å². The Labute approximate surface area is 117 Å². The lowest BCUT2D eigenvalue weighted by molar-refractivity contribution is 0.155. The van der Waals surface area contributed by atoms with Crippen LogP contribution < -0.4 is 0 Å². The van der Waals surface area contributed by atoms with Crippen LogP contribution in [0.5, 0.6) is 0 Å². The summed E-state index contributed by atoms with van der Waals surface area (Å²) in [5, 5.41) is 5.36. The molecule has 2 heterocycles. The Morgan fingerprint density at radius 1 is 1.30 bits per heavy atom. The number of methoxy groups -OCH3 is 1. The molecule has 0 aliphatic carbocycles. The summed E-state index contributed by atoms with van der Waals surface area (Å²) in [5.74, 6) is 0.759. The molecule has 0 amide bonds. The van der Waals surface area contributed by atoms with Gasteiger partial charge < -0.3 is 13.8 Å². The molecule has 1 aromatic carbocycles. The Kier molecular flexibility index (Phi) is 3.56. The Hall–Kier alpha value is -2.07. The molecule has 2 aromatic heterocycles. The lowest BCUT2D eigenvalue weighted by Gasteiger charge is -2.06.